The molecule has 2 aromatic heterocycles. The van der Waals surface area contributed by atoms with Crippen molar-refractivity contribution in [3.63, 3.8) is 0 Å². The number of aromatic nitrogens is 2. The summed E-state index contributed by atoms with van der Waals surface area (Å²) >= 11 is 9.34. The Labute approximate surface area is 140 Å². The molecule has 0 unspecified atom stereocenters. The number of anilines is 1. The van der Waals surface area contributed by atoms with E-state index in [0.717, 1.165) is 15.7 Å². The van der Waals surface area contributed by atoms with Crippen molar-refractivity contribution in [2.45, 2.75) is 13.5 Å². The van der Waals surface area contributed by atoms with Crippen LogP contribution in [0, 0.1) is 6.92 Å². The molecule has 0 atom stereocenters. The van der Waals surface area contributed by atoms with E-state index in [2.05, 4.69) is 26.2 Å². The molecule has 4 nitrogen and oxygen atoms in total. The number of hydrogen-bond donors (Lipinski definition) is 1. The Kier molecular flexibility index (Phi) is 4.18. The lowest BCUT2D eigenvalue weighted by molar-refractivity contribution is 0.970. The predicted molar refractivity (Wildman–Crippen MR) is 92.7 cm³/mol. The standard InChI is InChI=1S/C16H13BrClN3O/c1-10-6-11(17)2-4-14(10)19-8-13-7-16(22)21-9-12(18)3-5-15(21)20-13/h2-7,9,19H,8H2,1H3. The second-order valence-electron chi connectivity index (χ2n) is 4.97. The summed E-state index contributed by atoms with van der Waals surface area (Å²) in [4.78, 5) is 16.6. The summed E-state index contributed by atoms with van der Waals surface area (Å²) in [6.45, 7) is 2.51. The van der Waals surface area contributed by atoms with Crippen molar-refractivity contribution in [2.75, 3.05) is 5.32 Å². The van der Waals surface area contributed by atoms with Crippen LogP contribution in [0.4, 0.5) is 5.69 Å². The van der Waals surface area contributed by atoms with Gasteiger partial charge in [0.05, 0.1) is 17.3 Å². The fraction of sp³-hybridized carbons (Fsp3) is 0.125. The van der Waals surface area contributed by atoms with Crippen LogP contribution in [0.5, 0.6) is 0 Å². The summed E-state index contributed by atoms with van der Waals surface area (Å²) < 4.78 is 2.48. The second kappa shape index (κ2) is 6.10. The Morgan fingerprint density at radius 1 is 1.27 bits per heavy atom. The van der Waals surface area contributed by atoms with Crippen LogP contribution in [0.3, 0.4) is 0 Å². The van der Waals surface area contributed by atoms with Gasteiger partial charge in [-0.25, -0.2) is 4.98 Å². The van der Waals surface area contributed by atoms with Crippen LogP contribution in [0.2, 0.25) is 5.02 Å². The summed E-state index contributed by atoms with van der Waals surface area (Å²) in [7, 11) is 0. The molecule has 112 valence electrons. The maximum atomic E-state index is 12.1. The highest BCUT2D eigenvalue weighted by molar-refractivity contribution is 9.10. The van der Waals surface area contributed by atoms with Crippen LogP contribution in [-0.4, -0.2) is 9.38 Å². The van der Waals surface area contributed by atoms with Crippen molar-refractivity contribution < 1.29 is 0 Å². The summed E-state index contributed by atoms with van der Waals surface area (Å²) in [6.07, 6.45) is 1.57. The Bertz CT molecular complexity index is 908. The Hall–Kier alpha value is -1.85. The van der Waals surface area contributed by atoms with Crippen LogP contribution in [0.1, 0.15) is 11.3 Å². The molecule has 0 aliphatic heterocycles. The maximum absolute atomic E-state index is 12.1. The highest BCUT2D eigenvalue weighted by Crippen LogP contribution is 2.20. The molecular formula is C16H13BrClN3O. The van der Waals surface area contributed by atoms with Crippen molar-refractivity contribution in [3.8, 4) is 0 Å². The fourth-order valence-electron chi connectivity index (χ4n) is 2.23. The zero-order chi connectivity index (χ0) is 15.7. The molecule has 0 saturated carbocycles. The molecule has 0 spiro atoms. The van der Waals surface area contributed by atoms with Crippen LogP contribution in [0.15, 0.2) is 51.9 Å². The molecule has 0 saturated heterocycles. The summed E-state index contributed by atoms with van der Waals surface area (Å²) in [6, 6.07) is 11.0. The first kappa shape index (κ1) is 15.1. The molecule has 22 heavy (non-hydrogen) atoms. The third-order valence-corrected chi connectivity index (χ3v) is 4.04. The molecule has 3 aromatic rings. The van der Waals surface area contributed by atoms with Gasteiger partial charge in [-0.05, 0) is 42.8 Å². The van der Waals surface area contributed by atoms with Crippen molar-refractivity contribution in [1.82, 2.24) is 9.38 Å². The van der Waals surface area contributed by atoms with E-state index >= 15 is 0 Å². The van der Waals surface area contributed by atoms with E-state index in [1.165, 1.54) is 10.5 Å². The number of nitrogens with one attached hydrogen (secondary N) is 1. The molecule has 0 amide bonds. The highest BCUT2D eigenvalue weighted by Gasteiger charge is 2.04. The smallest absolute Gasteiger partial charge is 0.258 e. The minimum absolute atomic E-state index is 0.142. The molecule has 6 heteroatoms. The molecule has 0 aliphatic rings. The van der Waals surface area contributed by atoms with Crippen molar-refractivity contribution >= 4 is 38.9 Å². The summed E-state index contributed by atoms with van der Waals surface area (Å²) in [5, 5.41) is 3.81. The number of nitrogens with zero attached hydrogens (tertiary/aromatic N) is 2. The summed E-state index contributed by atoms with van der Waals surface area (Å²) in [5.41, 5.74) is 3.27. The van der Waals surface area contributed by atoms with Crippen LogP contribution in [0.25, 0.3) is 5.65 Å². The summed E-state index contributed by atoms with van der Waals surface area (Å²) in [5.74, 6) is 0. The van der Waals surface area contributed by atoms with Gasteiger partial charge in [-0.15, -0.1) is 0 Å². The Morgan fingerprint density at radius 3 is 2.86 bits per heavy atom. The molecule has 0 radical (unpaired) electrons. The first-order chi connectivity index (χ1) is 10.5. The van der Waals surface area contributed by atoms with E-state index in [-0.39, 0.29) is 5.56 Å². The van der Waals surface area contributed by atoms with Gasteiger partial charge in [-0.2, -0.15) is 0 Å². The van der Waals surface area contributed by atoms with E-state index in [4.69, 9.17) is 11.6 Å². The maximum Gasteiger partial charge on any atom is 0.258 e. The first-order valence-corrected chi connectivity index (χ1v) is 7.88. The van der Waals surface area contributed by atoms with Gasteiger partial charge >= 0.3 is 0 Å². The van der Waals surface area contributed by atoms with Crippen molar-refractivity contribution in [2.24, 2.45) is 0 Å². The second-order valence-corrected chi connectivity index (χ2v) is 6.33. The lowest BCUT2D eigenvalue weighted by Gasteiger charge is -2.10. The SMILES string of the molecule is Cc1cc(Br)ccc1NCc1cc(=O)n2cc(Cl)ccc2n1. The van der Waals surface area contributed by atoms with Crippen LogP contribution >= 0.6 is 27.5 Å². The quantitative estimate of drug-likeness (QED) is 0.748. The monoisotopic (exact) mass is 377 g/mol. The molecule has 1 aromatic carbocycles. The number of benzene rings is 1. The van der Waals surface area contributed by atoms with E-state index in [1.807, 2.05) is 25.1 Å². The van der Waals surface area contributed by atoms with Gasteiger partial charge in [0.15, 0.2) is 0 Å². The highest BCUT2D eigenvalue weighted by atomic mass is 79.9. The number of halogens is 2. The van der Waals surface area contributed by atoms with E-state index in [0.29, 0.717) is 22.9 Å². The minimum atomic E-state index is -0.142. The van der Waals surface area contributed by atoms with E-state index < -0.39 is 0 Å². The number of rotatable bonds is 3. The zero-order valence-electron chi connectivity index (χ0n) is 11.8. The van der Waals surface area contributed by atoms with Crippen LogP contribution < -0.4 is 10.9 Å². The first-order valence-electron chi connectivity index (χ1n) is 6.71. The third-order valence-electron chi connectivity index (χ3n) is 3.32. The number of pyridine rings is 1. The molecular weight excluding hydrogens is 366 g/mol. The van der Waals surface area contributed by atoms with Gasteiger partial charge in [0.25, 0.3) is 5.56 Å². The van der Waals surface area contributed by atoms with Gasteiger partial charge in [0, 0.05) is 22.4 Å². The Balaban J connectivity index is 1.88. The number of aryl methyl sites for hydroxylation is 1. The number of hydrogen-bond acceptors (Lipinski definition) is 3. The van der Waals surface area contributed by atoms with Crippen molar-refractivity contribution in [3.05, 3.63) is 73.7 Å². The lowest BCUT2D eigenvalue weighted by atomic mass is 10.2. The third kappa shape index (κ3) is 3.15. The molecule has 3 rings (SSSR count). The number of fused-ring (bicyclic) bond motifs is 1. The zero-order valence-corrected chi connectivity index (χ0v) is 14.1. The molecule has 0 fully saturated rings. The molecule has 1 N–H and O–H groups in total. The largest absolute Gasteiger partial charge is 0.379 e. The van der Waals surface area contributed by atoms with Gasteiger partial charge in [0.1, 0.15) is 5.65 Å². The van der Waals surface area contributed by atoms with Gasteiger partial charge < -0.3 is 5.32 Å². The van der Waals surface area contributed by atoms with Gasteiger partial charge in [-0.1, -0.05) is 27.5 Å². The topological polar surface area (TPSA) is 46.4 Å². The molecule has 2 heterocycles. The lowest BCUT2D eigenvalue weighted by Crippen LogP contribution is -2.16. The average molecular weight is 379 g/mol. The van der Waals surface area contributed by atoms with E-state index in [9.17, 15) is 4.79 Å². The normalized spacial score (nSPS) is 10.9. The average Bonchev–Trinajstić information content (AvgIpc) is 2.47. The van der Waals surface area contributed by atoms with Crippen LogP contribution in [-0.2, 0) is 6.54 Å². The molecule has 0 aliphatic carbocycles. The van der Waals surface area contributed by atoms with Crippen molar-refractivity contribution in [1.29, 1.82) is 0 Å². The fourth-order valence-corrected chi connectivity index (χ4v) is 2.86. The van der Waals surface area contributed by atoms with Gasteiger partial charge in [-0.3, -0.25) is 9.20 Å². The minimum Gasteiger partial charge on any atom is -0.379 e. The molecule has 0 bridgehead atoms. The Morgan fingerprint density at radius 2 is 2.09 bits per heavy atom. The van der Waals surface area contributed by atoms with E-state index in [1.54, 1.807) is 18.3 Å². The predicted octanol–water partition coefficient (Wildman–Crippen LogP) is 4.03. The van der Waals surface area contributed by atoms with Gasteiger partial charge in [0.2, 0.25) is 0 Å².